The fourth-order valence-corrected chi connectivity index (χ4v) is 4.04. The van der Waals surface area contributed by atoms with E-state index in [1.165, 1.54) is 30.3 Å². The first-order valence-electron chi connectivity index (χ1n) is 10.9. The molecule has 0 spiro atoms. The molecule has 0 aliphatic carbocycles. The van der Waals surface area contributed by atoms with Crippen LogP contribution in [0.1, 0.15) is 26.3 Å². The van der Waals surface area contributed by atoms with E-state index < -0.39 is 18.0 Å². The summed E-state index contributed by atoms with van der Waals surface area (Å²) in [6, 6.07) is 18.5. The molecular formula is C26H18F3N3O4. The number of carbonyl (C=O) groups is 2. The van der Waals surface area contributed by atoms with Gasteiger partial charge in [-0.15, -0.1) is 13.2 Å². The van der Waals surface area contributed by atoms with Gasteiger partial charge in [0.15, 0.2) is 5.76 Å². The SMILES string of the molecule is O=C(Nc1ccc(C(=O)N2CCc3cnoc3-c3ccccc32)cc1)c1ccccc1OC(F)(F)F. The minimum absolute atomic E-state index is 0.248. The van der Waals surface area contributed by atoms with Crippen LogP contribution in [-0.2, 0) is 6.42 Å². The molecule has 1 N–H and O–H groups in total. The molecular weight excluding hydrogens is 475 g/mol. The number of fused-ring (bicyclic) bond motifs is 3. The van der Waals surface area contributed by atoms with Gasteiger partial charge >= 0.3 is 6.36 Å². The lowest BCUT2D eigenvalue weighted by molar-refractivity contribution is -0.274. The number of para-hydroxylation sites is 2. The monoisotopic (exact) mass is 493 g/mol. The van der Waals surface area contributed by atoms with Gasteiger partial charge in [0, 0.05) is 28.9 Å². The first-order valence-corrected chi connectivity index (χ1v) is 10.9. The van der Waals surface area contributed by atoms with Crippen LogP contribution in [0.2, 0.25) is 0 Å². The lowest BCUT2D eigenvalue weighted by Crippen LogP contribution is -2.32. The molecule has 0 fully saturated rings. The molecule has 0 atom stereocenters. The Morgan fingerprint density at radius 1 is 0.972 bits per heavy atom. The standard InChI is InChI=1S/C26H18F3N3O4/c27-26(28,29)35-22-8-4-2-6-20(22)24(33)31-18-11-9-16(10-12-18)25(34)32-14-13-17-15-30-36-23(17)19-5-1-3-7-21(19)32/h1-12,15H,13-14H2,(H,31,33). The fraction of sp³-hybridized carbons (Fsp3) is 0.115. The van der Waals surface area contributed by atoms with Crippen molar-refractivity contribution in [1.29, 1.82) is 0 Å². The summed E-state index contributed by atoms with van der Waals surface area (Å²) in [6.07, 6.45) is -2.72. The van der Waals surface area contributed by atoms with Crippen molar-refractivity contribution in [2.45, 2.75) is 12.8 Å². The van der Waals surface area contributed by atoms with E-state index in [2.05, 4.69) is 15.2 Å². The van der Waals surface area contributed by atoms with Crippen molar-refractivity contribution in [3.8, 4) is 17.1 Å². The number of carbonyl (C=O) groups excluding carboxylic acids is 2. The van der Waals surface area contributed by atoms with Crippen molar-refractivity contribution in [3.05, 3.63) is 95.7 Å². The van der Waals surface area contributed by atoms with Crippen molar-refractivity contribution in [1.82, 2.24) is 5.16 Å². The van der Waals surface area contributed by atoms with Gasteiger partial charge in [-0.1, -0.05) is 29.4 Å². The normalized spacial score (nSPS) is 12.8. The van der Waals surface area contributed by atoms with Crippen LogP contribution in [0.3, 0.4) is 0 Å². The van der Waals surface area contributed by atoms with Crippen LogP contribution in [0, 0.1) is 0 Å². The van der Waals surface area contributed by atoms with E-state index in [1.807, 2.05) is 24.3 Å². The van der Waals surface area contributed by atoms with Gasteiger partial charge in [-0.3, -0.25) is 9.59 Å². The molecule has 7 nitrogen and oxygen atoms in total. The second kappa shape index (κ2) is 9.21. The second-order valence-corrected chi connectivity index (χ2v) is 7.98. The summed E-state index contributed by atoms with van der Waals surface area (Å²) < 4.78 is 47.4. The molecule has 182 valence electrons. The molecule has 1 aliphatic heterocycles. The molecule has 2 heterocycles. The number of hydrogen-bond donors (Lipinski definition) is 1. The molecule has 5 rings (SSSR count). The van der Waals surface area contributed by atoms with Crippen LogP contribution in [0.4, 0.5) is 24.5 Å². The van der Waals surface area contributed by atoms with Gasteiger partial charge in [-0.05, 0) is 55.0 Å². The summed E-state index contributed by atoms with van der Waals surface area (Å²) in [6.45, 7) is 0.415. The Kier molecular flexibility index (Phi) is 5.93. The molecule has 0 bridgehead atoms. The summed E-state index contributed by atoms with van der Waals surface area (Å²) in [7, 11) is 0. The summed E-state index contributed by atoms with van der Waals surface area (Å²) in [5, 5.41) is 6.41. The number of anilines is 2. The van der Waals surface area contributed by atoms with E-state index in [0.29, 0.717) is 35.7 Å². The third kappa shape index (κ3) is 4.65. The van der Waals surface area contributed by atoms with Crippen molar-refractivity contribution in [2.24, 2.45) is 0 Å². The lowest BCUT2D eigenvalue weighted by atomic mass is 10.1. The first kappa shape index (κ1) is 23.2. The number of halogens is 3. The van der Waals surface area contributed by atoms with Gasteiger partial charge in [-0.2, -0.15) is 0 Å². The van der Waals surface area contributed by atoms with Crippen molar-refractivity contribution >= 4 is 23.2 Å². The third-order valence-corrected chi connectivity index (χ3v) is 5.68. The van der Waals surface area contributed by atoms with Crippen LogP contribution in [0.15, 0.2) is 83.5 Å². The maximum atomic E-state index is 13.4. The first-order chi connectivity index (χ1) is 17.3. The number of nitrogens with one attached hydrogen (secondary N) is 1. The Morgan fingerprint density at radius 2 is 1.69 bits per heavy atom. The van der Waals surface area contributed by atoms with Crippen LogP contribution in [-0.4, -0.2) is 29.9 Å². The highest BCUT2D eigenvalue weighted by atomic mass is 19.4. The Hall–Kier alpha value is -4.60. The molecule has 3 aromatic carbocycles. The van der Waals surface area contributed by atoms with Crippen LogP contribution < -0.4 is 15.0 Å². The number of aromatic nitrogens is 1. The predicted octanol–water partition coefficient (Wildman–Crippen LogP) is 5.70. The Bertz CT molecular complexity index is 1430. The maximum Gasteiger partial charge on any atom is 0.573 e. The van der Waals surface area contributed by atoms with Crippen molar-refractivity contribution in [3.63, 3.8) is 0 Å². The van der Waals surface area contributed by atoms with Gasteiger partial charge in [0.2, 0.25) is 0 Å². The lowest BCUT2D eigenvalue weighted by Gasteiger charge is -2.23. The minimum atomic E-state index is -4.93. The van der Waals surface area contributed by atoms with Gasteiger partial charge in [-0.25, -0.2) is 0 Å². The highest BCUT2D eigenvalue weighted by molar-refractivity contribution is 6.09. The molecule has 1 aromatic heterocycles. The fourth-order valence-electron chi connectivity index (χ4n) is 4.04. The Morgan fingerprint density at radius 3 is 2.47 bits per heavy atom. The van der Waals surface area contributed by atoms with E-state index in [4.69, 9.17) is 4.52 Å². The summed E-state index contributed by atoms with van der Waals surface area (Å²) in [4.78, 5) is 27.6. The molecule has 0 unspecified atom stereocenters. The highest BCUT2D eigenvalue weighted by Crippen LogP contribution is 2.37. The van der Waals surface area contributed by atoms with E-state index in [-0.39, 0.29) is 11.5 Å². The van der Waals surface area contributed by atoms with E-state index in [9.17, 15) is 22.8 Å². The summed E-state index contributed by atoms with van der Waals surface area (Å²) in [5.41, 5.74) is 2.77. The quantitative estimate of drug-likeness (QED) is 0.395. The molecule has 1 aliphatic rings. The molecule has 0 radical (unpaired) electrons. The third-order valence-electron chi connectivity index (χ3n) is 5.68. The molecule has 4 aromatic rings. The Labute approximate surface area is 203 Å². The summed E-state index contributed by atoms with van der Waals surface area (Å²) >= 11 is 0. The van der Waals surface area contributed by atoms with Gasteiger partial charge < -0.3 is 19.5 Å². The summed E-state index contributed by atoms with van der Waals surface area (Å²) in [5.74, 6) is -1.00. The number of rotatable bonds is 4. The second-order valence-electron chi connectivity index (χ2n) is 7.98. The molecule has 0 saturated heterocycles. The number of alkyl halides is 3. The number of amides is 2. The average molecular weight is 493 g/mol. The van der Waals surface area contributed by atoms with Gasteiger partial charge in [0.1, 0.15) is 5.75 Å². The highest BCUT2D eigenvalue weighted by Gasteiger charge is 2.33. The largest absolute Gasteiger partial charge is 0.573 e. The number of benzene rings is 3. The van der Waals surface area contributed by atoms with E-state index >= 15 is 0 Å². The van der Waals surface area contributed by atoms with Crippen LogP contribution in [0.5, 0.6) is 5.75 Å². The number of hydrogen-bond acceptors (Lipinski definition) is 5. The zero-order valence-corrected chi connectivity index (χ0v) is 18.6. The zero-order chi connectivity index (χ0) is 25.3. The van der Waals surface area contributed by atoms with Crippen molar-refractivity contribution in [2.75, 3.05) is 16.8 Å². The maximum absolute atomic E-state index is 13.4. The number of ether oxygens (including phenoxy) is 1. The van der Waals surface area contributed by atoms with Crippen LogP contribution >= 0.6 is 0 Å². The molecule has 36 heavy (non-hydrogen) atoms. The number of nitrogens with zero attached hydrogens (tertiary/aromatic N) is 2. The molecule has 2 amide bonds. The topological polar surface area (TPSA) is 84.7 Å². The smallest absolute Gasteiger partial charge is 0.405 e. The zero-order valence-electron chi connectivity index (χ0n) is 18.6. The Balaban J connectivity index is 1.34. The van der Waals surface area contributed by atoms with Crippen LogP contribution in [0.25, 0.3) is 11.3 Å². The minimum Gasteiger partial charge on any atom is -0.405 e. The average Bonchev–Trinajstić information content (AvgIpc) is 3.26. The molecule has 0 saturated carbocycles. The van der Waals surface area contributed by atoms with Gasteiger partial charge in [0.05, 0.1) is 17.4 Å². The molecule has 10 heteroatoms. The van der Waals surface area contributed by atoms with E-state index in [0.717, 1.165) is 17.2 Å². The van der Waals surface area contributed by atoms with Gasteiger partial charge in [0.25, 0.3) is 11.8 Å². The predicted molar refractivity (Wildman–Crippen MR) is 125 cm³/mol. The van der Waals surface area contributed by atoms with Crippen molar-refractivity contribution < 1.29 is 32.0 Å². The van der Waals surface area contributed by atoms with E-state index in [1.54, 1.807) is 23.2 Å².